The molecule has 6 nitrogen and oxygen atoms in total. The van der Waals surface area contributed by atoms with Gasteiger partial charge >= 0.3 is 0 Å². The van der Waals surface area contributed by atoms with Crippen molar-refractivity contribution in [2.24, 2.45) is 5.41 Å². The Hall–Kier alpha value is -1.24. The van der Waals surface area contributed by atoms with E-state index in [0.29, 0.717) is 5.41 Å². The third-order valence-electron chi connectivity index (χ3n) is 5.32. The number of piperidine rings is 1. The molecule has 0 N–H and O–H groups in total. The van der Waals surface area contributed by atoms with Gasteiger partial charge in [-0.3, -0.25) is 4.90 Å². The first-order valence-electron chi connectivity index (χ1n) is 8.77. The van der Waals surface area contributed by atoms with Crippen LogP contribution in [0, 0.1) is 5.41 Å². The van der Waals surface area contributed by atoms with Crippen molar-refractivity contribution < 1.29 is 9.47 Å². The molecule has 23 heavy (non-hydrogen) atoms. The number of likely N-dealkylation sites (tertiary alicyclic amines) is 1. The fraction of sp³-hybridized carbons (Fsp3) is 0.765. The van der Waals surface area contributed by atoms with E-state index in [4.69, 9.17) is 9.47 Å². The maximum atomic E-state index is 5.65. The van der Waals surface area contributed by atoms with E-state index >= 15 is 0 Å². The number of hydrogen-bond donors (Lipinski definition) is 0. The molecule has 0 unspecified atom stereocenters. The summed E-state index contributed by atoms with van der Waals surface area (Å²) in [6, 6.07) is 0. The fourth-order valence-electron chi connectivity index (χ4n) is 4.03. The lowest BCUT2D eigenvalue weighted by molar-refractivity contribution is 0.0644. The summed E-state index contributed by atoms with van der Waals surface area (Å²) in [6.07, 6.45) is 7.79. The molecule has 0 aromatic carbocycles. The topological polar surface area (TPSA) is 50.7 Å². The number of morpholine rings is 1. The lowest BCUT2D eigenvalue weighted by Crippen LogP contribution is -2.43. The van der Waals surface area contributed by atoms with E-state index in [-0.39, 0.29) is 0 Å². The van der Waals surface area contributed by atoms with Gasteiger partial charge in [0.2, 0.25) is 5.95 Å². The molecule has 4 rings (SSSR count). The lowest BCUT2D eigenvalue weighted by atomic mass is 9.79. The SMILES string of the molecule is c1nc(N2CCOCC2)ncc1CN1CCC[C@]2(CCOC2)C1. The second-order valence-electron chi connectivity index (χ2n) is 7.11. The second-order valence-corrected chi connectivity index (χ2v) is 7.11. The molecule has 1 atom stereocenters. The van der Waals surface area contributed by atoms with E-state index in [1.807, 2.05) is 12.4 Å². The number of hydrogen-bond acceptors (Lipinski definition) is 6. The van der Waals surface area contributed by atoms with Crippen LogP contribution in [0.2, 0.25) is 0 Å². The highest BCUT2D eigenvalue weighted by Gasteiger charge is 2.38. The van der Waals surface area contributed by atoms with Gasteiger partial charge in [-0.15, -0.1) is 0 Å². The average molecular weight is 318 g/mol. The number of aromatic nitrogens is 2. The fourth-order valence-corrected chi connectivity index (χ4v) is 4.03. The van der Waals surface area contributed by atoms with Crippen LogP contribution in [-0.2, 0) is 16.0 Å². The smallest absolute Gasteiger partial charge is 0.225 e. The van der Waals surface area contributed by atoms with E-state index in [2.05, 4.69) is 19.8 Å². The first-order chi connectivity index (χ1) is 11.3. The van der Waals surface area contributed by atoms with Crippen molar-refractivity contribution >= 4 is 5.95 Å². The normalized spacial score (nSPS) is 29.3. The Morgan fingerprint density at radius 3 is 2.57 bits per heavy atom. The molecular weight excluding hydrogens is 292 g/mol. The predicted octanol–water partition coefficient (Wildman–Crippen LogP) is 1.32. The maximum Gasteiger partial charge on any atom is 0.225 e. The standard InChI is InChI=1S/C17H26N4O2/c1-2-17(3-7-23-14-17)13-20(4-1)12-15-10-18-16(19-11-15)21-5-8-22-9-6-21/h10-11H,1-9,12-14H2/t17-/m0/s1. The lowest BCUT2D eigenvalue weighted by Gasteiger charge is -2.39. The van der Waals surface area contributed by atoms with Gasteiger partial charge in [0, 0.05) is 56.2 Å². The van der Waals surface area contributed by atoms with Gasteiger partial charge in [-0.1, -0.05) is 0 Å². The largest absolute Gasteiger partial charge is 0.381 e. The van der Waals surface area contributed by atoms with Gasteiger partial charge in [-0.2, -0.15) is 0 Å². The molecule has 4 heterocycles. The molecule has 0 radical (unpaired) electrons. The molecule has 3 aliphatic rings. The molecule has 6 heteroatoms. The van der Waals surface area contributed by atoms with Gasteiger partial charge in [0.15, 0.2) is 0 Å². The van der Waals surface area contributed by atoms with E-state index < -0.39 is 0 Å². The number of anilines is 1. The minimum absolute atomic E-state index is 0.410. The van der Waals surface area contributed by atoms with Crippen LogP contribution in [0.3, 0.4) is 0 Å². The van der Waals surface area contributed by atoms with Crippen LogP contribution in [0.1, 0.15) is 24.8 Å². The summed E-state index contributed by atoms with van der Waals surface area (Å²) in [7, 11) is 0. The van der Waals surface area contributed by atoms with Gasteiger partial charge in [-0.05, 0) is 25.8 Å². The Morgan fingerprint density at radius 2 is 1.83 bits per heavy atom. The van der Waals surface area contributed by atoms with Crippen LogP contribution < -0.4 is 4.90 Å². The molecule has 0 saturated carbocycles. The minimum atomic E-state index is 0.410. The van der Waals surface area contributed by atoms with E-state index in [0.717, 1.165) is 58.6 Å². The molecule has 3 fully saturated rings. The highest BCUT2D eigenvalue weighted by Crippen LogP contribution is 2.37. The zero-order valence-electron chi connectivity index (χ0n) is 13.7. The third-order valence-corrected chi connectivity index (χ3v) is 5.32. The first-order valence-corrected chi connectivity index (χ1v) is 8.77. The summed E-state index contributed by atoms with van der Waals surface area (Å²) in [5, 5.41) is 0. The summed E-state index contributed by atoms with van der Waals surface area (Å²) in [5.41, 5.74) is 1.62. The van der Waals surface area contributed by atoms with Crippen LogP contribution in [0.4, 0.5) is 5.95 Å². The van der Waals surface area contributed by atoms with Crippen molar-refractivity contribution in [3.63, 3.8) is 0 Å². The highest BCUT2D eigenvalue weighted by atomic mass is 16.5. The Kier molecular flexibility index (Phi) is 4.46. The maximum absolute atomic E-state index is 5.65. The van der Waals surface area contributed by atoms with E-state index in [1.54, 1.807) is 0 Å². The Labute approximate surface area is 137 Å². The number of ether oxygens (including phenoxy) is 2. The molecule has 1 aromatic rings. The molecule has 0 amide bonds. The Morgan fingerprint density at radius 1 is 1.00 bits per heavy atom. The van der Waals surface area contributed by atoms with E-state index in [1.165, 1.54) is 31.4 Å². The van der Waals surface area contributed by atoms with Crippen molar-refractivity contribution in [1.82, 2.24) is 14.9 Å². The Bertz CT molecular complexity index is 510. The number of nitrogens with zero attached hydrogens (tertiary/aromatic N) is 4. The van der Waals surface area contributed by atoms with Gasteiger partial charge in [-0.25, -0.2) is 9.97 Å². The van der Waals surface area contributed by atoms with Gasteiger partial charge in [0.05, 0.1) is 19.8 Å². The molecule has 0 bridgehead atoms. The molecule has 1 spiro atoms. The van der Waals surface area contributed by atoms with Crippen molar-refractivity contribution in [2.75, 3.05) is 57.5 Å². The van der Waals surface area contributed by atoms with Crippen LogP contribution in [0.25, 0.3) is 0 Å². The number of rotatable bonds is 3. The minimum Gasteiger partial charge on any atom is -0.381 e. The zero-order chi connectivity index (χ0) is 15.5. The molecule has 3 aliphatic heterocycles. The zero-order valence-corrected chi connectivity index (χ0v) is 13.7. The molecule has 126 valence electrons. The third kappa shape index (κ3) is 3.49. The molecule has 1 aromatic heterocycles. The van der Waals surface area contributed by atoms with Crippen molar-refractivity contribution in [3.8, 4) is 0 Å². The second kappa shape index (κ2) is 6.71. The quantitative estimate of drug-likeness (QED) is 0.838. The Balaban J connectivity index is 1.36. The summed E-state index contributed by atoms with van der Waals surface area (Å²) < 4.78 is 11.0. The molecule has 3 saturated heterocycles. The summed E-state index contributed by atoms with van der Waals surface area (Å²) in [5.74, 6) is 0.830. The van der Waals surface area contributed by atoms with Crippen molar-refractivity contribution in [1.29, 1.82) is 0 Å². The van der Waals surface area contributed by atoms with Crippen molar-refractivity contribution in [3.05, 3.63) is 18.0 Å². The monoisotopic (exact) mass is 318 g/mol. The predicted molar refractivity (Wildman–Crippen MR) is 87.4 cm³/mol. The van der Waals surface area contributed by atoms with Crippen LogP contribution >= 0.6 is 0 Å². The van der Waals surface area contributed by atoms with Crippen molar-refractivity contribution in [2.45, 2.75) is 25.8 Å². The highest BCUT2D eigenvalue weighted by molar-refractivity contribution is 5.30. The summed E-state index contributed by atoms with van der Waals surface area (Å²) in [6.45, 7) is 8.45. The van der Waals surface area contributed by atoms with Crippen LogP contribution in [0.15, 0.2) is 12.4 Å². The van der Waals surface area contributed by atoms with E-state index in [9.17, 15) is 0 Å². The average Bonchev–Trinajstić information content (AvgIpc) is 3.04. The summed E-state index contributed by atoms with van der Waals surface area (Å²) >= 11 is 0. The van der Waals surface area contributed by atoms with Gasteiger partial charge in [0.25, 0.3) is 0 Å². The van der Waals surface area contributed by atoms with Gasteiger partial charge in [0.1, 0.15) is 0 Å². The first kappa shape index (κ1) is 15.3. The molecular formula is C17H26N4O2. The summed E-state index contributed by atoms with van der Waals surface area (Å²) in [4.78, 5) is 13.9. The van der Waals surface area contributed by atoms with Crippen LogP contribution in [-0.4, -0.2) is 67.5 Å². The van der Waals surface area contributed by atoms with Crippen LogP contribution in [0.5, 0.6) is 0 Å². The van der Waals surface area contributed by atoms with Gasteiger partial charge < -0.3 is 14.4 Å². The molecule has 0 aliphatic carbocycles.